The van der Waals surface area contributed by atoms with Crippen LogP contribution in [0.5, 0.6) is 0 Å². The Bertz CT molecular complexity index is 573. The van der Waals surface area contributed by atoms with Gasteiger partial charge in [0.2, 0.25) is 5.91 Å². The highest BCUT2D eigenvalue weighted by molar-refractivity contribution is 8.00. The Morgan fingerprint density at radius 3 is 2.50 bits per heavy atom. The molecule has 0 aliphatic carbocycles. The van der Waals surface area contributed by atoms with E-state index in [2.05, 4.69) is 5.32 Å². The highest BCUT2D eigenvalue weighted by Gasteiger charge is 2.35. The fourth-order valence-electron chi connectivity index (χ4n) is 3.22. The van der Waals surface area contributed by atoms with Gasteiger partial charge in [-0.2, -0.15) is 13.2 Å². The molecule has 2 aliphatic heterocycles. The smallest absolute Gasteiger partial charge is 0.337 e. The normalized spacial score (nSPS) is 23.0. The highest BCUT2D eigenvalue weighted by atomic mass is 32.2. The SMILES string of the molecule is O=C1CS[C@@H](c2ccc(C(F)(F)F)cc2)N1CC[NH+]1CC[NH2+]CC1. The second-order valence-corrected chi connectivity index (χ2v) is 7.30. The molecule has 0 spiro atoms. The van der Waals surface area contributed by atoms with Gasteiger partial charge in [0.05, 0.1) is 24.4 Å². The number of piperazine rings is 1. The van der Waals surface area contributed by atoms with Crippen molar-refractivity contribution in [2.45, 2.75) is 11.6 Å². The van der Waals surface area contributed by atoms with Crippen LogP contribution >= 0.6 is 11.8 Å². The average molecular weight is 361 g/mol. The van der Waals surface area contributed by atoms with Gasteiger partial charge in [-0.25, -0.2) is 0 Å². The molecular formula is C16H22F3N3OS+2. The number of rotatable bonds is 4. The van der Waals surface area contributed by atoms with Gasteiger partial charge in [0, 0.05) is 0 Å². The van der Waals surface area contributed by atoms with E-state index in [0.717, 1.165) is 50.4 Å². The van der Waals surface area contributed by atoms with Crippen LogP contribution in [0.2, 0.25) is 0 Å². The van der Waals surface area contributed by atoms with Crippen molar-refractivity contribution in [2.24, 2.45) is 0 Å². The van der Waals surface area contributed by atoms with Crippen LogP contribution in [-0.4, -0.2) is 55.8 Å². The Hall–Kier alpha value is -1.25. The van der Waals surface area contributed by atoms with Crippen LogP contribution in [0.25, 0.3) is 0 Å². The van der Waals surface area contributed by atoms with Crippen LogP contribution in [0.15, 0.2) is 24.3 Å². The largest absolute Gasteiger partial charge is 0.416 e. The van der Waals surface area contributed by atoms with E-state index < -0.39 is 11.7 Å². The minimum Gasteiger partial charge on any atom is -0.337 e. The van der Waals surface area contributed by atoms with Crippen molar-refractivity contribution < 1.29 is 28.2 Å². The van der Waals surface area contributed by atoms with Gasteiger partial charge in [-0.3, -0.25) is 4.79 Å². The van der Waals surface area contributed by atoms with Gasteiger partial charge in [0.1, 0.15) is 31.6 Å². The van der Waals surface area contributed by atoms with Crippen LogP contribution in [0.3, 0.4) is 0 Å². The number of thioether (sulfide) groups is 1. The lowest BCUT2D eigenvalue weighted by atomic mass is 10.1. The molecule has 8 heteroatoms. The molecule has 2 fully saturated rings. The van der Waals surface area contributed by atoms with Crippen LogP contribution in [-0.2, 0) is 11.0 Å². The number of carbonyl (C=O) groups excluding carboxylic acids is 1. The first-order valence-electron chi connectivity index (χ1n) is 8.18. The van der Waals surface area contributed by atoms with Crippen molar-refractivity contribution in [3.63, 3.8) is 0 Å². The number of halogens is 3. The van der Waals surface area contributed by atoms with E-state index in [-0.39, 0.29) is 11.3 Å². The van der Waals surface area contributed by atoms with Gasteiger partial charge in [-0.15, -0.1) is 11.8 Å². The second-order valence-electron chi connectivity index (χ2n) is 6.24. The zero-order valence-corrected chi connectivity index (χ0v) is 14.1. The molecule has 132 valence electrons. The zero-order valence-electron chi connectivity index (χ0n) is 13.3. The molecule has 2 aliphatic rings. The lowest BCUT2D eigenvalue weighted by molar-refractivity contribution is -0.946. The molecule has 0 radical (unpaired) electrons. The summed E-state index contributed by atoms with van der Waals surface area (Å²) in [6.45, 7) is 5.98. The van der Waals surface area contributed by atoms with Crippen molar-refractivity contribution >= 4 is 17.7 Å². The Balaban J connectivity index is 1.66. The van der Waals surface area contributed by atoms with Crippen molar-refractivity contribution in [1.29, 1.82) is 0 Å². The summed E-state index contributed by atoms with van der Waals surface area (Å²) in [6.07, 6.45) is -4.33. The molecular weight excluding hydrogens is 339 g/mol. The van der Waals surface area contributed by atoms with E-state index >= 15 is 0 Å². The molecule has 1 amide bonds. The molecule has 1 aromatic carbocycles. The van der Waals surface area contributed by atoms with Gasteiger partial charge < -0.3 is 15.1 Å². The molecule has 24 heavy (non-hydrogen) atoms. The first-order chi connectivity index (χ1) is 11.4. The van der Waals surface area contributed by atoms with Gasteiger partial charge in [-0.05, 0) is 17.7 Å². The summed E-state index contributed by atoms with van der Waals surface area (Å²) in [5.41, 5.74) is 0.113. The molecule has 3 N–H and O–H groups in total. The number of nitrogens with one attached hydrogen (secondary N) is 1. The number of nitrogens with two attached hydrogens (primary N) is 1. The minimum absolute atomic E-state index is 0.0767. The molecule has 1 aromatic rings. The maximum Gasteiger partial charge on any atom is 0.416 e. The molecule has 4 nitrogen and oxygen atoms in total. The number of benzene rings is 1. The van der Waals surface area contributed by atoms with Crippen molar-refractivity contribution in [3.05, 3.63) is 35.4 Å². The molecule has 0 bridgehead atoms. The maximum absolute atomic E-state index is 12.7. The second kappa shape index (κ2) is 7.33. The van der Waals surface area contributed by atoms with Gasteiger partial charge in [-0.1, -0.05) is 12.1 Å². The predicted molar refractivity (Wildman–Crippen MR) is 85.6 cm³/mol. The standard InChI is InChI=1S/C16H20F3N3OS/c17-16(18,19)13-3-1-12(2-4-13)15-22(14(23)11-24-15)10-9-21-7-5-20-6-8-21/h1-4,15,20H,5-11H2/p+2/t15-/m0/s1. The molecule has 0 saturated carbocycles. The molecule has 2 saturated heterocycles. The summed E-state index contributed by atoms with van der Waals surface area (Å²) >= 11 is 1.49. The van der Waals surface area contributed by atoms with E-state index in [9.17, 15) is 18.0 Å². The quantitative estimate of drug-likeness (QED) is 0.776. The van der Waals surface area contributed by atoms with Gasteiger partial charge in [0.25, 0.3) is 0 Å². The van der Waals surface area contributed by atoms with E-state index in [1.807, 2.05) is 4.90 Å². The van der Waals surface area contributed by atoms with Crippen LogP contribution in [0.1, 0.15) is 16.5 Å². The van der Waals surface area contributed by atoms with Crippen molar-refractivity contribution in [1.82, 2.24) is 4.90 Å². The average Bonchev–Trinajstić information content (AvgIpc) is 2.94. The molecule has 0 aromatic heterocycles. The molecule has 2 heterocycles. The molecule has 0 unspecified atom stereocenters. The Morgan fingerprint density at radius 1 is 1.21 bits per heavy atom. The predicted octanol–water partition coefficient (Wildman–Crippen LogP) is -0.259. The summed E-state index contributed by atoms with van der Waals surface area (Å²) in [5.74, 6) is 0.474. The van der Waals surface area contributed by atoms with Crippen LogP contribution in [0, 0.1) is 0 Å². The summed E-state index contributed by atoms with van der Waals surface area (Å²) in [5, 5.41) is 2.13. The summed E-state index contributed by atoms with van der Waals surface area (Å²) in [6, 6.07) is 5.19. The third-order valence-corrected chi connectivity index (χ3v) is 5.86. The fourth-order valence-corrected chi connectivity index (χ4v) is 4.44. The zero-order chi connectivity index (χ0) is 17.2. The first-order valence-corrected chi connectivity index (χ1v) is 9.23. The minimum atomic E-state index is -4.33. The number of hydrogen-bond donors (Lipinski definition) is 2. The molecule has 3 rings (SSSR count). The van der Waals surface area contributed by atoms with E-state index in [1.54, 1.807) is 0 Å². The third-order valence-electron chi connectivity index (χ3n) is 4.60. The monoisotopic (exact) mass is 361 g/mol. The van der Waals surface area contributed by atoms with E-state index in [4.69, 9.17) is 0 Å². The fraction of sp³-hybridized carbons (Fsp3) is 0.562. The first kappa shape index (κ1) is 17.6. The van der Waals surface area contributed by atoms with Crippen LogP contribution < -0.4 is 10.2 Å². The number of alkyl halides is 3. The maximum atomic E-state index is 12.7. The number of quaternary nitrogens is 2. The number of hydrogen-bond acceptors (Lipinski definition) is 2. The summed E-state index contributed by atoms with van der Waals surface area (Å²) in [4.78, 5) is 15.5. The number of amides is 1. The van der Waals surface area contributed by atoms with Crippen molar-refractivity contribution in [2.75, 3.05) is 45.0 Å². The third kappa shape index (κ3) is 4.04. The van der Waals surface area contributed by atoms with E-state index in [1.165, 1.54) is 28.8 Å². The topological polar surface area (TPSA) is 41.4 Å². The van der Waals surface area contributed by atoms with Crippen LogP contribution in [0.4, 0.5) is 13.2 Å². The molecule has 1 atom stereocenters. The Kier molecular flexibility index (Phi) is 5.36. The summed E-state index contributed by atoms with van der Waals surface area (Å²) < 4.78 is 38.1. The lowest BCUT2D eigenvalue weighted by Gasteiger charge is -2.28. The van der Waals surface area contributed by atoms with Gasteiger partial charge in [0.15, 0.2) is 0 Å². The van der Waals surface area contributed by atoms with Crippen molar-refractivity contribution in [3.8, 4) is 0 Å². The van der Waals surface area contributed by atoms with E-state index in [0.29, 0.717) is 12.3 Å². The number of carbonyl (C=O) groups is 1. The summed E-state index contributed by atoms with van der Waals surface area (Å²) in [7, 11) is 0. The highest BCUT2D eigenvalue weighted by Crippen LogP contribution is 2.39. The van der Waals surface area contributed by atoms with Gasteiger partial charge >= 0.3 is 6.18 Å². The Morgan fingerprint density at radius 2 is 1.88 bits per heavy atom. The Labute approximate surface area is 143 Å². The number of nitrogens with zero attached hydrogens (tertiary/aromatic N) is 1. The lowest BCUT2D eigenvalue weighted by Crippen LogP contribution is -3.20.